The van der Waals surface area contributed by atoms with E-state index in [1.807, 2.05) is 30.3 Å². The molecule has 0 spiro atoms. The van der Waals surface area contributed by atoms with Crippen molar-refractivity contribution in [2.75, 3.05) is 20.8 Å². The van der Waals surface area contributed by atoms with Crippen molar-refractivity contribution < 1.29 is 23.7 Å². The second-order valence-corrected chi connectivity index (χ2v) is 12.6. The van der Waals surface area contributed by atoms with Crippen molar-refractivity contribution in [2.24, 2.45) is 4.99 Å². The number of aromatic nitrogens is 1. The minimum absolute atomic E-state index is 0.173. The number of esters is 1. The predicted octanol–water partition coefficient (Wildman–Crippen LogP) is 5.79. The van der Waals surface area contributed by atoms with E-state index < -0.39 is 12.0 Å². The molecule has 1 atom stereocenters. The van der Waals surface area contributed by atoms with E-state index in [-0.39, 0.29) is 24.3 Å². The summed E-state index contributed by atoms with van der Waals surface area (Å²) < 4.78 is 26.1. The molecule has 1 aromatic heterocycles. The monoisotopic (exact) mass is 751 g/mol. The Morgan fingerprint density at radius 2 is 1.82 bits per heavy atom. The van der Waals surface area contributed by atoms with Gasteiger partial charge in [0.05, 0.1) is 52.7 Å². The molecule has 0 N–H and O–H groups in total. The largest absolute Gasteiger partial charge is 0.496 e. The molecule has 0 aliphatic carbocycles. The topological polar surface area (TPSA) is 112 Å². The highest BCUT2D eigenvalue weighted by molar-refractivity contribution is 9.10. The average molecular weight is 753 g/mol. The Morgan fingerprint density at radius 1 is 1.09 bits per heavy atom. The van der Waals surface area contributed by atoms with E-state index in [4.69, 9.17) is 24.2 Å². The maximum Gasteiger partial charge on any atom is 0.338 e. The number of fused-ring (bicyclic) bond motifs is 1. The van der Waals surface area contributed by atoms with Crippen LogP contribution in [0.15, 0.2) is 84.6 Å². The highest BCUT2D eigenvalue weighted by Crippen LogP contribution is 2.39. The van der Waals surface area contributed by atoms with Crippen molar-refractivity contribution in [2.45, 2.75) is 26.5 Å². The van der Waals surface area contributed by atoms with Gasteiger partial charge in [0.2, 0.25) is 0 Å². The van der Waals surface area contributed by atoms with E-state index in [1.54, 1.807) is 58.4 Å². The third-order valence-corrected chi connectivity index (χ3v) is 9.08. The van der Waals surface area contributed by atoms with Crippen LogP contribution >= 0.6 is 43.2 Å². The maximum atomic E-state index is 14.1. The Morgan fingerprint density at radius 3 is 2.49 bits per heavy atom. The normalized spacial score (nSPS) is 14.3. The molecule has 9 nitrogen and oxygen atoms in total. The fraction of sp³-hybridized carbons (Fsp3) is 0.212. The van der Waals surface area contributed by atoms with Crippen molar-refractivity contribution in [3.63, 3.8) is 0 Å². The molecule has 12 heteroatoms. The summed E-state index contributed by atoms with van der Waals surface area (Å²) in [6, 6.07) is 17.5. The lowest BCUT2D eigenvalue weighted by Gasteiger charge is -2.26. The van der Waals surface area contributed by atoms with Crippen LogP contribution in [-0.2, 0) is 16.1 Å². The predicted molar refractivity (Wildman–Crippen MR) is 177 cm³/mol. The minimum Gasteiger partial charge on any atom is -0.496 e. The van der Waals surface area contributed by atoms with E-state index in [2.05, 4.69) is 42.9 Å². The Bertz CT molecular complexity index is 2040. The SMILES string of the molecule is CCOC(=O)C1=C(C)N=c2s/c(=C\c3cc(Br)c(OCc4ccc(C#N)cc4)c(OC)c3)c(=O)n2[C@H]1c1cc(Br)ccc1OC. The summed E-state index contributed by atoms with van der Waals surface area (Å²) in [7, 11) is 3.08. The van der Waals surface area contributed by atoms with Crippen LogP contribution in [0.3, 0.4) is 0 Å². The van der Waals surface area contributed by atoms with Gasteiger partial charge in [0.15, 0.2) is 16.3 Å². The molecule has 0 amide bonds. The van der Waals surface area contributed by atoms with Crippen molar-refractivity contribution in [3.05, 3.63) is 117 Å². The highest BCUT2D eigenvalue weighted by atomic mass is 79.9. The number of benzene rings is 3. The van der Waals surface area contributed by atoms with Crippen LogP contribution in [0.1, 0.15) is 42.1 Å². The molecule has 0 fully saturated rings. The van der Waals surface area contributed by atoms with Gasteiger partial charge >= 0.3 is 5.97 Å². The van der Waals surface area contributed by atoms with Gasteiger partial charge < -0.3 is 18.9 Å². The van der Waals surface area contributed by atoms with Gasteiger partial charge in [0.1, 0.15) is 18.4 Å². The molecule has 45 heavy (non-hydrogen) atoms. The van der Waals surface area contributed by atoms with E-state index in [0.29, 0.717) is 53.4 Å². The molecule has 4 aromatic rings. The van der Waals surface area contributed by atoms with Crippen LogP contribution in [0, 0.1) is 11.3 Å². The summed E-state index contributed by atoms with van der Waals surface area (Å²) >= 11 is 8.33. The summed E-state index contributed by atoms with van der Waals surface area (Å²) in [4.78, 5) is 32.4. The molecule has 2 heterocycles. The average Bonchev–Trinajstić information content (AvgIpc) is 3.33. The van der Waals surface area contributed by atoms with Crippen LogP contribution in [-0.4, -0.2) is 31.4 Å². The van der Waals surface area contributed by atoms with Crippen LogP contribution in [0.25, 0.3) is 6.08 Å². The molecule has 1 aliphatic rings. The Kier molecular flexibility index (Phi) is 9.92. The van der Waals surface area contributed by atoms with Gasteiger partial charge in [-0.05, 0) is 89.4 Å². The number of hydrogen-bond acceptors (Lipinski definition) is 9. The number of carbonyl (C=O) groups excluding carboxylic acids is 1. The second kappa shape index (κ2) is 13.9. The summed E-state index contributed by atoms with van der Waals surface area (Å²) in [5.41, 5.74) is 3.17. The van der Waals surface area contributed by atoms with Crippen molar-refractivity contribution >= 4 is 55.2 Å². The quantitative estimate of drug-likeness (QED) is 0.199. The standard InChI is InChI=1S/C33H27Br2N3O6S/c1-5-43-32(40)28-18(2)37-33-38(29(28)23-15-22(34)10-11-25(23)41-3)31(39)27(45-33)14-21-12-24(35)30(26(13-21)42-4)44-17-20-8-6-19(16-36)7-9-20/h6-15,29H,5,17H2,1-4H3/b27-14-/t29-/m0/s1. The van der Waals surface area contributed by atoms with E-state index in [1.165, 1.54) is 15.9 Å². The Hall–Kier alpha value is -4.18. The number of ether oxygens (including phenoxy) is 4. The van der Waals surface area contributed by atoms with Crippen LogP contribution in [0.4, 0.5) is 0 Å². The van der Waals surface area contributed by atoms with Crippen LogP contribution in [0.2, 0.25) is 0 Å². The van der Waals surface area contributed by atoms with Crippen LogP contribution in [0.5, 0.6) is 17.2 Å². The van der Waals surface area contributed by atoms with Gasteiger partial charge in [0.25, 0.3) is 5.56 Å². The van der Waals surface area contributed by atoms with Crippen LogP contribution < -0.4 is 29.1 Å². The summed E-state index contributed by atoms with van der Waals surface area (Å²) in [5, 5.41) is 9.04. The number of hydrogen-bond donors (Lipinski definition) is 0. The lowest BCUT2D eigenvalue weighted by Crippen LogP contribution is -2.40. The number of nitriles is 1. The summed E-state index contributed by atoms with van der Waals surface area (Å²) in [5.74, 6) is 0.927. The molecular formula is C33H27Br2N3O6S. The first-order valence-corrected chi connectivity index (χ1v) is 16.1. The molecule has 3 aromatic carbocycles. The van der Waals surface area contributed by atoms with Gasteiger partial charge in [0, 0.05) is 10.0 Å². The first-order valence-electron chi connectivity index (χ1n) is 13.7. The van der Waals surface area contributed by atoms with E-state index in [0.717, 1.165) is 10.0 Å². The molecule has 230 valence electrons. The number of thiazole rings is 1. The van der Waals surface area contributed by atoms with Gasteiger partial charge in [-0.25, -0.2) is 9.79 Å². The second-order valence-electron chi connectivity index (χ2n) is 9.82. The number of halogens is 2. The number of carbonyl (C=O) groups is 1. The number of methoxy groups -OCH3 is 2. The molecule has 0 saturated heterocycles. The third-order valence-electron chi connectivity index (χ3n) is 7.02. The van der Waals surface area contributed by atoms with Crippen molar-refractivity contribution in [1.29, 1.82) is 5.26 Å². The molecular weight excluding hydrogens is 726 g/mol. The lowest BCUT2D eigenvalue weighted by molar-refractivity contribution is -0.139. The number of rotatable bonds is 9. The first kappa shape index (κ1) is 32.2. The van der Waals surface area contributed by atoms with Crippen molar-refractivity contribution in [3.8, 4) is 23.3 Å². The number of allylic oxidation sites excluding steroid dienone is 1. The fourth-order valence-electron chi connectivity index (χ4n) is 4.95. The highest BCUT2D eigenvalue weighted by Gasteiger charge is 2.35. The summed E-state index contributed by atoms with van der Waals surface area (Å²) in [6.45, 7) is 3.90. The van der Waals surface area contributed by atoms with Crippen molar-refractivity contribution in [1.82, 2.24) is 4.57 Å². The molecule has 5 rings (SSSR count). The first-order chi connectivity index (χ1) is 21.7. The third kappa shape index (κ3) is 6.61. The molecule has 0 bridgehead atoms. The Labute approximate surface area is 279 Å². The zero-order valence-electron chi connectivity index (χ0n) is 24.7. The molecule has 0 radical (unpaired) electrons. The molecule has 1 aliphatic heterocycles. The zero-order valence-corrected chi connectivity index (χ0v) is 28.7. The maximum absolute atomic E-state index is 14.1. The lowest BCUT2D eigenvalue weighted by atomic mass is 9.95. The molecule has 0 unspecified atom stereocenters. The van der Waals surface area contributed by atoms with Gasteiger partial charge in [-0.3, -0.25) is 9.36 Å². The molecule has 0 saturated carbocycles. The van der Waals surface area contributed by atoms with E-state index in [9.17, 15) is 9.59 Å². The van der Waals surface area contributed by atoms with Gasteiger partial charge in [-0.1, -0.05) is 39.4 Å². The Balaban J connectivity index is 1.59. The van der Waals surface area contributed by atoms with E-state index >= 15 is 0 Å². The number of nitrogens with zero attached hydrogens (tertiary/aromatic N) is 3. The van der Waals surface area contributed by atoms with Gasteiger partial charge in [-0.2, -0.15) is 5.26 Å². The summed E-state index contributed by atoms with van der Waals surface area (Å²) in [6.07, 6.45) is 1.75. The fourth-order valence-corrected chi connectivity index (χ4v) is 6.95. The smallest absolute Gasteiger partial charge is 0.338 e. The van der Waals surface area contributed by atoms with Gasteiger partial charge in [-0.15, -0.1) is 0 Å². The zero-order chi connectivity index (χ0) is 32.2. The minimum atomic E-state index is -0.825.